The summed E-state index contributed by atoms with van der Waals surface area (Å²) in [5.41, 5.74) is 1.09. The first kappa shape index (κ1) is 10.4. The Labute approximate surface area is 92.0 Å². The number of aliphatic imine (C=N–C) groups is 1. The van der Waals surface area contributed by atoms with E-state index >= 15 is 0 Å². The van der Waals surface area contributed by atoms with Crippen LogP contribution in [-0.2, 0) is 4.79 Å². The smallest absolute Gasteiger partial charge is 0.377 e. The lowest BCUT2D eigenvalue weighted by molar-refractivity contribution is -0.131. The average Bonchev–Trinajstić information content (AvgIpc) is 2.81. The highest BCUT2D eigenvalue weighted by Crippen LogP contribution is 2.16. The quantitative estimate of drug-likeness (QED) is 0.601. The minimum absolute atomic E-state index is 0.187. The van der Waals surface area contributed by atoms with Crippen molar-refractivity contribution in [3.05, 3.63) is 29.8 Å². The van der Waals surface area contributed by atoms with Crippen molar-refractivity contribution in [1.29, 1.82) is 0 Å². The van der Waals surface area contributed by atoms with Crippen LogP contribution in [0.5, 0.6) is 0 Å². The van der Waals surface area contributed by atoms with Crippen molar-refractivity contribution in [3.8, 4) is 0 Å². The summed E-state index contributed by atoms with van der Waals surface area (Å²) in [4.78, 5) is 27.6. The minimum Gasteiger partial charge on any atom is -0.475 e. The third-order valence-corrected chi connectivity index (χ3v) is 2.35. The molecule has 5 heteroatoms. The zero-order valence-corrected chi connectivity index (χ0v) is 8.46. The van der Waals surface area contributed by atoms with Gasteiger partial charge in [0, 0.05) is 17.8 Å². The zero-order chi connectivity index (χ0) is 11.5. The summed E-state index contributed by atoms with van der Waals surface area (Å²) in [5.74, 6) is -2.32. The summed E-state index contributed by atoms with van der Waals surface area (Å²) in [5, 5.41) is 8.54. The molecule has 0 bridgehead atoms. The van der Waals surface area contributed by atoms with Gasteiger partial charge < -0.3 is 10.0 Å². The fourth-order valence-corrected chi connectivity index (χ4v) is 1.50. The highest BCUT2D eigenvalue weighted by molar-refractivity contribution is 6.39. The molecule has 16 heavy (non-hydrogen) atoms. The van der Waals surface area contributed by atoms with Gasteiger partial charge in [0.15, 0.2) is 0 Å². The fourth-order valence-electron chi connectivity index (χ4n) is 1.50. The van der Waals surface area contributed by atoms with Crippen molar-refractivity contribution >= 4 is 23.8 Å². The molecule has 1 N–H and O–H groups in total. The maximum absolute atomic E-state index is 11.1. The van der Waals surface area contributed by atoms with Gasteiger partial charge in [-0.15, -0.1) is 0 Å². The predicted octanol–water partition coefficient (Wildman–Crippen LogP) is 0.802. The lowest BCUT2D eigenvalue weighted by Gasteiger charge is -2.13. The van der Waals surface area contributed by atoms with Gasteiger partial charge in [0.25, 0.3) is 5.78 Å². The Kier molecular flexibility index (Phi) is 2.68. The molecular weight excluding hydrogens is 208 g/mol. The number of anilines is 1. The Balaban J connectivity index is 2.19. The fraction of sp³-hybridized carbons (Fsp3) is 0.182. The molecule has 0 fully saturated rings. The Morgan fingerprint density at radius 1 is 1.25 bits per heavy atom. The third kappa shape index (κ3) is 1.93. The van der Waals surface area contributed by atoms with Crippen LogP contribution in [0.3, 0.4) is 0 Å². The topological polar surface area (TPSA) is 70.0 Å². The first-order valence-corrected chi connectivity index (χ1v) is 4.83. The van der Waals surface area contributed by atoms with Gasteiger partial charge in [-0.05, 0) is 24.3 Å². The number of carbonyl (C=O) groups is 2. The van der Waals surface area contributed by atoms with Crippen LogP contribution < -0.4 is 4.90 Å². The largest absolute Gasteiger partial charge is 0.475 e. The van der Waals surface area contributed by atoms with E-state index in [9.17, 15) is 9.59 Å². The van der Waals surface area contributed by atoms with E-state index in [2.05, 4.69) is 4.99 Å². The molecule has 0 unspecified atom stereocenters. The number of aliphatic carboxylic acids is 1. The van der Waals surface area contributed by atoms with E-state index < -0.39 is 11.8 Å². The first-order chi connectivity index (χ1) is 7.68. The van der Waals surface area contributed by atoms with Crippen molar-refractivity contribution in [2.45, 2.75) is 0 Å². The number of ketones is 1. The van der Waals surface area contributed by atoms with Gasteiger partial charge in [-0.25, -0.2) is 4.79 Å². The van der Waals surface area contributed by atoms with Crippen LogP contribution in [-0.4, -0.2) is 36.3 Å². The van der Waals surface area contributed by atoms with Crippen LogP contribution in [0.1, 0.15) is 10.4 Å². The Bertz CT molecular complexity index is 451. The Hall–Kier alpha value is -2.17. The number of hydrogen-bond acceptors (Lipinski definition) is 4. The van der Waals surface area contributed by atoms with Gasteiger partial charge in [0.05, 0.1) is 12.9 Å². The maximum Gasteiger partial charge on any atom is 0.377 e. The van der Waals surface area contributed by atoms with Crippen molar-refractivity contribution < 1.29 is 14.7 Å². The number of carboxylic acids is 1. The van der Waals surface area contributed by atoms with Gasteiger partial charge in [-0.3, -0.25) is 9.79 Å². The van der Waals surface area contributed by atoms with Gasteiger partial charge >= 0.3 is 5.97 Å². The number of nitrogens with zero attached hydrogens (tertiary/aromatic N) is 2. The van der Waals surface area contributed by atoms with Crippen molar-refractivity contribution in [3.63, 3.8) is 0 Å². The molecule has 1 aliphatic heterocycles. The van der Waals surface area contributed by atoms with Gasteiger partial charge in [0.1, 0.15) is 0 Å². The monoisotopic (exact) mass is 218 g/mol. The van der Waals surface area contributed by atoms with Crippen LogP contribution in [0.15, 0.2) is 29.3 Å². The summed E-state index contributed by atoms with van der Waals surface area (Å²) < 4.78 is 0. The van der Waals surface area contributed by atoms with E-state index in [1.807, 2.05) is 4.90 Å². The highest BCUT2D eigenvalue weighted by atomic mass is 16.4. The molecule has 1 aromatic carbocycles. The van der Waals surface area contributed by atoms with E-state index in [1.165, 1.54) is 12.1 Å². The SMILES string of the molecule is O=C(O)C(=O)c1ccc(N2C=NCC2)cc1. The summed E-state index contributed by atoms with van der Waals surface area (Å²) in [6, 6.07) is 6.46. The molecule has 0 amide bonds. The van der Waals surface area contributed by atoms with E-state index in [0.29, 0.717) is 0 Å². The van der Waals surface area contributed by atoms with Crippen LogP contribution in [0.25, 0.3) is 0 Å². The van der Waals surface area contributed by atoms with Crippen molar-refractivity contribution in [2.24, 2.45) is 4.99 Å². The summed E-state index contributed by atoms with van der Waals surface area (Å²) in [7, 11) is 0. The second kappa shape index (κ2) is 4.14. The molecular formula is C11H10N2O3. The molecule has 0 aliphatic carbocycles. The van der Waals surface area contributed by atoms with E-state index in [0.717, 1.165) is 18.8 Å². The molecule has 1 aromatic rings. The molecule has 1 aliphatic rings. The molecule has 5 nitrogen and oxygen atoms in total. The first-order valence-electron chi connectivity index (χ1n) is 4.83. The third-order valence-electron chi connectivity index (χ3n) is 2.35. The molecule has 0 saturated carbocycles. The van der Waals surface area contributed by atoms with Crippen LogP contribution in [0.2, 0.25) is 0 Å². The number of carboxylic acid groups (broad SMARTS) is 1. The van der Waals surface area contributed by atoms with Gasteiger partial charge in [-0.1, -0.05) is 0 Å². The van der Waals surface area contributed by atoms with Crippen LogP contribution in [0, 0.1) is 0 Å². The Morgan fingerprint density at radius 3 is 2.44 bits per heavy atom. The molecule has 0 saturated heterocycles. The van der Waals surface area contributed by atoms with Crippen LogP contribution >= 0.6 is 0 Å². The normalized spacial score (nSPS) is 14.1. The molecule has 0 spiro atoms. The summed E-state index contributed by atoms with van der Waals surface area (Å²) in [6.45, 7) is 1.57. The number of carbonyl (C=O) groups excluding carboxylic acids is 1. The number of rotatable bonds is 3. The molecule has 0 radical (unpaired) electrons. The van der Waals surface area contributed by atoms with E-state index in [-0.39, 0.29) is 5.56 Å². The Morgan fingerprint density at radius 2 is 1.94 bits per heavy atom. The lowest BCUT2D eigenvalue weighted by Crippen LogP contribution is -2.18. The van der Waals surface area contributed by atoms with E-state index in [1.54, 1.807) is 18.5 Å². The summed E-state index contributed by atoms with van der Waals surface area (Å²) >= 11 is 0. The average molecular weight is 218 g/mol. The summed E-state index contributed by atoms with van der Waals surface area (Å²) in [6.07, 6.45) is 1.73. The maximum atomic E-state index is 11.1. The zero-order valence-electron chi connectivity index (χ0n) is 8.46. The van der Waals surface area contributed by atoms with Crippen molar-refractivity contribution in [2.75, 3.05) is 18.0 Å². The van der Waals surface area contributed by atoms with Crippen LogP contribution in [0.4, 0.5) is 5.69 Å². The standard InChI is InChI=1S/C11H10N2O3/c14-10(11(15)16)8-1-3-9(4-2-8)13-6-5-12-7-13/h1-4,7H,5-6H2,(H,15,16). The molecule has 82 valence electrons. The second-order valence-corrected chi connectivity index (χ2v) is 3.40. The van der Waals surface area contributed by atoms with E-state index in [4.69, 9.17) is 5.11 Å². The lowest BCUT2D eigenvalue weighted by atomic mass is 10.1. The predicted molar refractivity (Wildman–Crippen MR) is 59.1 cm³/mol. The van der Waals surface area contributed by atoms with Gasteiger partial charge in [-0.2, -0.15) is 0 Å². The molecule has 2 rings (SSSR count). The van der Waals surface area contributed by atoms with Crippen molar-refractivity contribution in [1.82, 2.24) is 0 Å². The second-order valence-electron chi connectivity index (χ2n) is 3.40. The number of hydrogen-bond donors (Lipinski definition) is 1. The molecule has 0 atom stereocenters. The molecule has 0 aromatic heterocycles. The number of Topliss-reactive ketones (excluding diaryl/α,β-unsaturated/α-hetero) is 1. The minimum atomic E-state index is -1.43. The highest BCUT2D eigenvalue weighted by Gasteiger charge is 2.15. The molecule has 1 heterocycles. The number of benzene rings is 1. The van der Waals surface area contributed by atoms with Gasteiger partial charge in [0.2, 0.25) is 0 Å².